The molecule has 0 aromatic heterocycles. The van der Waals surface area contributed by atoms with Gasteiger partial charge in [0.1, 0.15) is 18.5 Å². The van der Waals surface area contributed by atoms with E-state index in [0.29, 0.717) is 13.2 Å². The van der Waals surface area contributed by atoms with Gasteiger partial charge in [-0.15, -0.1) is 0 Å². The first-order valence-corrected chi connectivity index (χ1v) is 9.58. The molecule has 3 rings (SSSR count). The molecule has 0 aliphatic heterocycles. The fourth-order valence-corrected chi connectivity index (χ4v) is 3.21. The standard InChI is InChI=1S/C23H28O3/c1-2-3-4-9-14-25-16-20(24)17-26-23-21-12-7-5-10-18(21)15-19-11-6-8-13-22(19)23/h5-8,10-13,15,20,24H,2-4,9,14,16-17H2,1H3. The number of unbranched alkanes of at least 4 members (excludes halogenated alkanes) is 3. The van der Waals surface area contributed by atoms with Crippen molar-refractivity contribution in [3.63, 3.8) is 0 Å². The summed E-state index contributed by atoms with van der Waals surface area (Å²) >= 11 is 0. The third kappa shape index (κ3) is 4.75. The third-order valence-corrected chi connectivity index (χ3v) is 4.59. The second-order valence-electron chi connectivity index (χ2n) is 6.75. The lowest BCUT2D eigenvalue weighted by Gasteiger charge is -2.16. The van der Waals surface area contributed by atoms with Gasteiger partial charge >= 0.3 is 0 Å². The van der Waals surface area contributed by atoms with Gasteiger partial charge in [-0.2, -0.15) is 0 Å². The highest BCUT2D eigenvalue weighted by molar-refractivity contribution is 6.05. The van der Waals surface area contributed by atoms with Crippen LogP contribution in [0.1, 0.15) is 32.6 Å². The van der Waals surface area contributed by atoms with Crippen LogP contribution in [0, 0.1) is 0 Å². The molecule has 0 radical (unpaired) electrons. The summed E-state index contributed by atoms with van der Waals surface area (Å²) in [5, 5.41) is 14.6. The number of hydrogen-bond acceptors (Lipinski definition) is 3. The summed E-state index contributed by atoms with van der Waals surface area (Å²) in [5.41, 5.74) is 0. The van der Waals surface area contributed by atoms with E-state index in [9.17, 15) is 5.11 Å². The Balaban J connectivity index is 1.64. The second-order valence-corrected chi connectivity index (χ2v) is 6.75. The van der Waals surface area contributed by atoms with Crippen molar-refractivity contribution in [2.45, 2.75) is 38.7 Å². The van der Waals surface area contributed by atoms with Crippen molar-refractivity contribution in [1.29, 1.82) is 0 Å². The van der Waals surface area contributed by atoms with Crippen LogP contribution in [-0.2, 0) is 4.74 Å². The summed E-state index contributed by atoms with van der Waals surface area (Å²) in [5.74, 6) is 0.834. The first-order valence-electron chi connectivity index (χ1n) is 9.58. The zero-order valence-corrected chi connectivity index (χ0v) is 15.5. The van der Waals surface area contributed by atoms with Gasteiger partial charge in [0.15, 0.2) is 0 Å². The average molecular weight is 352 g/mol. The molecular weight excluding hydrogens is 324 g/mol. The van der Waals surface area contributed by atoms with Gasteiger partial charge in [0.05, 0.1) is 6.61 Å². The quantitative estimate of drug-likeness (QED) is 0.396. The smallest absolute Gasteiger partial charge is 0.135 e. The van der Waals surface area contributed by atoms with Crippen LogP contribution in [-0.4, -0.2) is 31.0 Å². The lowest BCUT2D eigenvalue weighted by atomic mass is 10.0. The Bertz CT molecular complexity index is 774. The minimum absolute atomic E-state index is 0.229. The molecule has 0 fully saturated rings. The van der Waals surface area contributed by atoms with Crippen molar-refractivity contribution in [3.05, 3.63) is 54.6 Å². The normalized spacial score (nSPS) is 12.5. The molecular formula is C23H28O3. The van der Waals surface area contributed by atoms with Crippen molar-refractivity contribution < 1.29 is 14.6 Å². The van der Waals surface area contributed by atoms with E-state index >= 15 is 0 Å². The van der Waals surface area contributed by atoms with Crippen molar-refractivity contribution in [2.75, 3.05) is 19.8 Å². The van der Waals surface area contributed by atoms with Gasteiger partial charge in [-0.05, 0) is 23.3 Å². The summed E-state index contributed by atoms with van der Waals surface area (Å²) < 4.78 is 11.6. The lowest BCUT2D eigenvalue weighted by Crippen LogP contribution is -2.23. The summed E-state index contributed by atoms with van der Waals surface area (Å²) in [6.07, 6.45) is 4.07. The van der Waals surface area contributed by atoms with E-state index < -0.39 is 6.10 Å². The minimum Gasteiger partial charge on any atom is -0.489 e. The Hall–Kier alpha value is -2.10. The Morgan fingerprint density at radius 2 is 1.50 bits per heavy atom. The molecule has 0 saturated carbocycles. The topological polar surface area (TPSA) is 38.7 Å². The maximum atomic E-state index is 10.2. The van der Waals surface area contributed by atoms with Crippen LogP contribution in [0.2, 0.25) is 0 Å². The molecule has 1 unspecified atom stereocenters. The van der Waals surface area contributed by atoms with E-state index in [1.165, 1.54) is 19.3 Å². The largest absolute Gasteiger partial charge is 0.489 e. The summed E-state index contributed by atoms with van der Waals surface area (Å²) in [6.45, 7) is 3.44. The number of ether oxygens (including phenoxy) is 2. The minimum atomic E-state index is -0.626. The van der Waals surface area contributed by atoms with Crippen molar-refractivity contribution in [1.82, 2.24) is 0 Å². The second kappa shape index (κ2) is 9.56. The van der Waals surface area contributed by atoms with Gasteiger partial charge in [-0.1, -0.05) is 74.7 Å². The molecule has 0 aliphatic rings. The molecule has 0 spiro atoms. The molecule has 1 N–H and O–H groups in total. The van der Waals surface area contributed by atoms with Crippen LogP contribution in [0.25, 0.3) is 21.5 Å². The van der Waals surface area contributed by atoms with Crippen LogP contribution in [0.5, 0.6) is 5.75 Å². The fourth-order valence-electron chi connectivity index (χ4n) is 3.21. The molecule has 0 saturated heterocycles. The van der Waals surface area contributed by atoms with Gasteiger partial charge in [-0.25, -0.2) is 0 Å². The maximum absolute atomic E-state index is 10.2. The number of fused-ring (bicyclic) bond motifs is 2. The first kappa shape index (κ1) is 18.7. The highest BCUT2D eigenvalue weighted by atomic mass is 16.5. The third-order valence-electron chi connectivity index (χ3n) is 4.59. The average Bonchev–Trinajstić information content (AvgIpc) is 2.67. The molecule has 0 aliphatic carbocycles. The molecule has 26 heavy (non-hydrogen) atoms. The summed E-state index contributed by atoms with van der Waals surface area (Å²) in [4.78, 5) is 0. The molecule has 138 valence electrons. The van der Waals surface area contributed by atoms with Crippen LogP contribution >= 0.6 is 0 Å². The zero-order chi connectivity index (χ0) is 18.2. The molecule has 3 aromatic carbocycles. The molecule has 3 heteroatoms. The first-order chi connectivity index (χ1) is 12.8. The molecule has 3 aromatic rings. The highest BCUT2D eigenvalue weighted by Gasteiger charge is 2.11. The van der Waals surface area contributed by atoms with Crippen LogP contribution in [0.15, 0.2) is 54.6 Å². The van der Waals surface area contributed by atoms with Crippen LogP contribution in [0.4, 0.5) is 0 Å². The summed E-state index contributed by atoms with van der Waals surface area (Å²) in [6, 6.07) is 18.6. The van der Waals surface area contributed by atoms with Gasteiger partial charge in [-0.3, -0.25) is 0 Å². The van der Waals surface area contributed by atoms with Gasteiger partial charge in [0, 0.05) is 17.4 Å². The van der Waals surface area contributed by atoms with Crippen molar-refractivity contribution in [2.24, 2.45) is 0 Å². The van der Waals surface area contributed by atoms with E-state index in [-0.39, 0.29) is 6.61 Å². The lowest BCUT2D eigenvalue weighted by molar-refractivity contribution is 0.0115. The van der Waals surface area contributed by atoms with E-state index in [0.717, 1.165) is 33.7 Å². The fraction of sp³-hybridized carbons (Fsp3) is 0.391. The van der Waals surface area contributed by atoms with E-state index in [1.54, 1.807) is 0 Å². The Morgan fingerprint density at radius 1 is 0.846 bits per heavy atom. The SMILES string of the molecule is CCCCCCOCC(O)COc1c2ccccc2cc2ccccc12. The Labute approximate surface area is 155 Å². The molecule has 3 nitrogen and oxygen atoms in total. The van der Waals surface area contributed by atoms with Crippen molar-refractivity contribution in [3.8, 4) is 5.75 Å². The number of aliphatic hydroxyl groups is 1. The molecule has 0 heterocycles. The Morgan fingerprint density at radius 3 is 2.15 bits per heavy atom. The predicted molar refractivity (Wildman–Crippen MR) is 108 cm³/mol. The molecule has 1 atom stereocenters. The monoisotopic (exact) mass is 352 g/mol. The van der Waals surface area contributed by atoms with E-state index in [2.05, 4.69) is 37.3 Å². The zero-order valence-electron chi connectivity index (χ0n) is 15.5. The Kier molecular flexibility index (Phi) is 6.87. The van der Waals surface area contributed by atoms with Gasteiger partial charge < -0.3 is 14.6 Å². The van der Waals surface area contributed by atoms with Gasteiger partial charge in [0.25, 0.3) is 0 Å². The van der Waals surface area contributed by atoms with Gasteiger partial charge in [0.2, 0.25) is 0 Å². The maximum Gasteiger partial charge on any atom is 0.135 e. The van der Waals surface area contributed by atoms with Crippen LogP contribution < -0.4 is 4.74 Å². The number of rotatable bonds is 10. The highest BCUT2D eigenvalue weighted by Crippen LogP contribution is 2.34. The number of hydrogen-bond donors (Lipinski definition) is 1. The number of benzene rings is 3. The summed E-state index contributed by atoms with van der Waals surface area (Å²) in [7, 11) is 0. The number of aliphatic hydroxyl groups excluding tert-OH is 1. The van der Waals surface area contributed by atoms with E-state index in [1.807, 2.05) is 24.3 Å². The molecule has 0 amide bonds. The van der Waals surface area contributed by atoms with E-state index in [4.69, 9.17) is 9.47 Å². The van der Waals surface area contributed by atoms with Crippen LogP contribution in [0.3, 0.4) is 0 Å². The van der Waals surface area contributed by atoms with Crippen molar-refractivity contribution >= 4 is 21.5 Å². The predicted octanol–water partition coefficient (Wildman–Crippen LogP) is 5.33. The molecule has 0 bridgehead atoms.